The first-order valence-corrected chi connectivity index (χ1v) is 7.12. The van der Waals surface area contributed by atoms with E-state index in [4.69, 9.17) is 5.73 Å². The van der Waals surface area contributed by atoms with Gasteiger partial charge in [-0.05, 0) is 29.9 Å². The fourth-order valence-electron chi connectivity index (χ4n) is 2.00. The van der Waals surface area contributed by atoms with Crippen LogP contribution in [0.2, 0.25) is 0 Å². The number of thiophene rings is 1. The summed E-state index contributed by atoms with van der Waals surface area (Å²) in [4.78, 5) is 5.57. The lowest BCUT2D eigenvalue weighted by molar-refractivity contribution is 0.460. The Bertz CT molecular complexity index is 501. The Morgan fingerprint density at radius 1 is 1.44 bits per heavy atom. The highest BCUT2D eigenvalue weighted by atomic mass is 32.1. The summed E-state index contributed by atoms with van der Waals surface area (Å²) < 4.78 is 1.97. The van der Waals surface area contributed by atoms with Crippen molar-refractivity contribution in [2.75, 3.05) is 0 Å². The van der Waals surface area contributed by atoms with E-state index in [1.165, 1.54) is 10.4 Å². The van der Waals surface area contributed by atoms with Crippen LogP contribution in [0.1, 0.15) is 36.2 Å². The van der Waals surface area contributed by atoms with Crippen molar-refractivity contribution in [3.8, 4) is 0 Å². The van der Waals surface area contributed by atoms with Crippen molar-refractivity contribution in [3.63, 3.8) is 0 Å². The van der Waals surface area contributed by atoms with E-state index >= 15 is 0 Å². The Morgan fingerprint density at radius 2 is 2.22 bits per heavy atom. The summed E-state index contributed by atoms with van der Waals surface area (Å²) in [7, 11) is 0. The molecule has 2 N–H and O–H groups in total. The van der Waals surface area contributed by atoms with E-state index in [0.717, 1.165) is 18.8 Å². The predicted molar refractivity (Wildman–Crippen MR) is 74.5 cm³/mol. The van der Waals surface area contributed by atoms with Crippen molar-refractivity contribution >= 4 is 11.3 Å². The number of rotatable bonds is 5. The molecular weight excluding hydrogens is 244 g/mol. The lowest BCUT2D eigenvalue weighted by Gasteiger charge is -2.13. The molecule has 5 heteroatoms. The topological polar surface area (TPSA) is 56.7 Å². The van der Waals surface area contributed by atoms with E-state index in [-0.39, 0.29) is 6.04 Å². The largest absolute Gasteiger partial charge is 0.323 e. The van der Waals surface area contributed by atoms with Crippen molar-refractivity contribution in [2.24, 2.45) is 11.7 Å². The zero-order valence-electron chi connectivity index (χ0n) is 11.1. The van der Waals surface area contributed by atoms with E-state index in [0.29, 0.717) is 5.92 Å². The molecular formula is C13H20N4S. The zero-order valence-corrected chi connectivity index (χ0v) is 11.9. The third kappa shape index (κ3) is 2.97. The highest BCUT2D eigenvalue weighted by Crippen LogP contribution is 2.24. The molecule has 1 atom stereocenters. The average Bonchev–Trinajstić information content (AvgIpc) is 2.88. The van der Waals surface area contributed by atoms with E-state index in [1.54, 1.807) is 17.7 Å². The van der Waals surface area contributed by atoms with Crippen molar-refractivity contribution in [2.45, 2.75) is 39.8 Å². The van der Waals surface area contributed by atoms with Gasteiger partial charge in [-0.15, -0.1) is 11.3 Å². The van der Waals surface area contributed by atoms with Crippen LogP contribution in [0, 0.1) is 12.8 Å². The summed E-state index contributed by atoms with van der Waals surface area (Å²) in [5, 5.41) is 6.35. The van der Waals surface area contributed by atoms with Crippen molar-refractivity contribution in [1.29, 1.82) is 0 Å². The van der Waals surface area contributed by atoms with Crippen LogP contribution in [-0.4, -0.2) is 14.8 Å². The first kappa shape index (κ1) is 13.2. The van der Waals surface area contributed by atoms with Crippen molar-refractivity contribution < 1.29 is 0 Å². The van der Waals surface area contributed by atoms with Crippen molar-refractivity contribution in [3.05, 3.63) is 34.0 Å². The van der Waals surface area contributed by atoms with Gasteiger partial charge in [0.1, 0.15) is 12.2 Å². The highest BCUT2D eigenvalue weighted by Gasteiger charge is 2.15. The first-order chi connectivity index (χ1) is 8.58. The minimum atomic E-state index is 0.0140. The quantitative estimate of drug-likeness (QED) is 0.903. The van der Waals surface area contributed by atoms with Crippen LogP contribution in [0.25, 0.3) is 0 Å². The molecule has 98 valence electrons. The molecule has 0 aliphatic rings. The van der Waals surface area contributed by atoms with Gasteiger partial charge in [-0.25, -0.2) is 9.67 Å². The zero-order chi connectivity index (χ0) is 13.1. The molecule has 2 aromatic heterocycles. The Kier molecular flexibility index (Phi) is 4.14. The van der Waals surface area contributed by atoms with Gasteiger partial charge in [-0.2, -0.15) is 5.10 Å². The van der Waals surface area contributed by atoms with Gasteiger partial charge in [0.2, 0.25) is 0 Å². The molecule has 0 amide bonds. The van der Waals surface area contributed by atoms with Crippen LogP contribution in [0.4, 0.5) is 0 Å². The molecule has 0 saturated heterocycles. The Hall–Kier alpha value is -1.20. The van der Waals surface area contributed by atoms with Gasteiger partial charge in [0.15, 0.2) is 0 Å². The summed E-state index contributed by atoms with van der Waals surface area (Å²) in [6.45, 7) is 7.35. The van der Waals surface area contributed by atoms with Crippen LogP contribution in [-0.2, 0) is 13.0 Å². The standard InChI is InChI=1S/C13H20N4S/c1-9(2)7-17-12(15-8-16-17)6-11(14)13-10(3)4-5-18-13/h4-5,8-9,11H,6-7,14H2,1-3H3. The fraction of sp³-hybridized carbons (Fsp3) is 0.538. The van der Waals surface area contributed by atoms with Crippen LogP contribution < -0.4 is 5.73 Å². The minimum absolute atomic E-state index is 0.0140. The van der Waals surface area contributed by atoms with Crippen LogP contribution in [0.15, 0.2) is 17.8 Å². The summed E-state index contributed by atoms with van der Waals surface area (Å²) in [6, 6.07) is 2.12. The molecule has 0 radical (unpaired) electrons. The molecule has 0 bridgehead atoms. The normalized spacial score (nSPS) is 13.2. The van der Waals surface area contributed by atoms with E-state index in [9.17, 15) is 0 Å². The fourth-order valence-corrected chi connectivity index (χ4v) is 2.93. The molecule has 2 heterocycles. The van der Waals surface area contributed by atoms with Crippen LogP contribution in [0.5, 0.6) is 0 Å². The monoisotopic (exact) mass is 264 g/mol. The molecule has 0 aromatic carbocycles. The maximum absolute atomic E-state index is 6.26. The maximum Gasteiger partial charge on any atom is 0.138 e. The number of aromatic nitrogens is 3. The van der Waals surface area contributed by atoms with Crippen LogP contribution in [0.3, 0.4) is 0 Å². The smallest absolute Gasteiger partial charge is 0.138 e. The van der Waals surface area contributed by atoms with Gasteiger partial charge in [0.05, 0.1) is 0 Å². The molecule has 1 unspecified atom stereocenters. The maximum atomic E-state index is 6.26. The third-order valence-corrected chi connectivity index (χ3v) is 4.03. The molecule has 2 rings (SSSR count). The predicted octanol–water partition coefficient (Wildman–Crippen LogP) is 2.55. The van der Waals surface area contributed by atoms with Gasteiger partial charge in [-0.3, -0.25) is 0 Å². The Morgan fingerprint density at radius 3 is 2.83 bits per heavy atom. The van der Waals surface area contributed by atoms with Gasteiger partial charge in [-0.1, -0.05) is 13.8 Å². The number of hydrogen-bond donors (Lipinski definition) is 1. The van der Waals surface area contributed by atoms with E-state index in [2.05, 4.69) is 42.3 Å². The van der Waals surface area contributed by atoms with Gasteiger partial charge >= 0.3 is 0 Å². The van der Waals surface area contributed by atoms with E-state index < -0.39 is 0 Å². The average molecular weight is 264 g/mol. The molecule has 0 aliphatic carbocycles. The van der Waals surface area contributed by atoms with E-state index in [1.807, 2.05) is 4.68 Å². The summed E-state index contributed by atoms with van der Waals surface area (Å²) in [5.74, 6) is 1.54. The molecule has 0 spiro atoms. The number of aryl methyl sites for hydroxylation is 1. The summed E-state index contributed by atoms with van der Waals surface area (Å²) in [6.07, 6.45) is 2.36. The molecule has 18 heavy (non-hydrogen) atoms. The minimum Gasteiger partial charge on any atom is -0.323 e. The van der Waals surface area contributed by atoms with Crippen LogP contribution >= 0.6 is 11.3 Å². The SMILES string of the molecule is Cc1ccsc1C(N)Cc1ncnn1CC(C)C. The second-order valence-electron chi connectivity index (χ2n) is 5.03. The van der Waals surface area contributed by atoms with Crippen molar-refractivity contribution in [1.82, 2.24) is 14.8 Å². The van der Waals surface area contributed by atoms with Gasteiger partial charge < -0.3 is 5.73 Å². The molecule has 0 fully saturated rings. The lowest BCUT2D eigenvalue weighted by atomic mass is 10.1. The molecule has 0 saturated carbocycles. The second kappa shape index (κ2) is 5.63. The lowest BCUT2D eigenvalue weighted by Crippen LogP contribution is -2.18. The highest BCUT2D eigenvalue weighted by molar-refractivity contribution is 7.10. The third-order valence-electron chi connectivity index (χ3n) is 2.87. The molecule has 4 nitrogen and oxygen atoms in total. The first-order valence-electron chi connectivity index (χ1n) is 6.24. The summed E-state index contributed by atoms with van der Waals surface area (Å²) >= 11 is 1.72. The van der Waals surface area contributed by atoms with Gasteiger partial charge in [0, 0.05) is 23.9 Å². The van der Waals surface area contributed by atoms with Gasteiger partial charge in [0.25, 0.3) is 0 Å². The second-order valence-corrected chi connectivity index (χ2v) is 5.98. The number of nitrogens with zero attached hydrogens (tertiary/aromatic N) is 3. The number of nitrogens with two attached hydrogens (primary N) is 1. The molecule has 0 aliphatic heterocycles. The molecule has 2 aromatic rings. The Labute approximate surface area is 112 Å². The number of hydrogen-bond acceptors (Lipinski definition) is 4. The Balaban J connectivity index is 2.10. The summed E-state index contributed by atoms with van der Waals surface area (Å²) in [5.41, 5.74) is 7.53.